The van der Waals surface area contributed by atoms with E-state index in [9.17, 15) is 4.79 Å². The van der Waals surface area contributed by atoms with Gasteiger partial charge in [-0.05, 0) is 43.5 Å². The summed E-state index contributed by atoms with van der Waals surface area (Å²) in [6.07, 6.45) is 5.84. The second kappa shape index (κ2) is 6.52. The molecular weight excluding hydrogens is 296 g/mol. The lowest BCUT2D eigenvalue weighted by Crippen LogP contribution is -2.33. The molecule has 0 bridgehead atoms. The molecule has 0 atom stereocenters. The Morgan fingerprint density at radius 3 is 2.33 bits per heavy atom. The highest BCUT2D eigenvalue weighted by atomic mass is 16.1. The Labute approximate surface area is 143 Å². The van der Waals surface area contributed by atoms with Gasteiger partial charge in [0, 0.05) is 36.1 Å². The van der Waals surface area contributed by atoms with E-state index < -0.39 is 0 Å². The van der Waals surface area contributed by atoms with Crippen LogP contribution in [0.3, 0.4) is 0 Å². The van der Waals surface area contributed by atoms with Crippen LogP contribution in [0.1, 0.15) is 29.6 Å². The van der Waals surface area contributed by atoms with Crippen molar-refractivity contribution in [1.82, 2.24) is 4.90 Å². The Bertz CT molecular complexity index is 760. The summed E-state index contributed by atoms with van der Waals surface area (Å²) < 4.78 is 0. The first-order valence-corrected chi connectivity index (χ1v) is 8.74. The number of likely N-dealkylation sites (tertiary alicyclic amines) is 1. The van der Waals surface area contributed by atoms with Gasteiger partial charge in [0.2, 0.25) is 0 Å². The molecule has 1 saturated heterocycles. The largest absolute Gasteiger partial charge is 0.377 e. The topological polar surface area (TPSA) is 23.6 Å². The first kappa shape index (κ1) is 15.0. The molecule has 0 radical (unpaired) electrons. The van der Waals surface area contributed by atoms with Crippen molar-refractivity contribution in [3.05, 3.63) is 71.9 Å². The van der Waals surface area contributed by atoms with E-state index in [-0.39, 0.29) is 5.78 Å². The summed E-state index contributed by atoms with van der Waals surface area (Å²) >= 11 is 0. The average Bonchev–Trinajstić information content (AvgIpc) is 2.66. The zero-order chi connectivity index (χ0) is 16.4. The molecule has 0 unspecified atom stereocenters. The van der Waals surface area contributed by atoms with Crippen LogP contribution >= 0.6 is 0 Å². The predicted molar refractivity (Wildman–Crippen MR) is 97.7 cm³/mol. The third-order valence-electron chi connectivity index (χ3n) is 4.86. The Hall–Kier alpha value is -2.55. The van der Waals surface area contributed by atoms with Gasteiger partial charge >= 0.3 is 0 Å². The Morgan fingerprint density at radius 2 is 1.54 bits per heavy atom. The molecule has 3 nitrogen and oxygen atoms in total. The smallest absolute Gasteiger partial charge is 0.194 e. The van der Waals surface area contributed by atoms with Crippen molar-refractivity contribution in [2.75, 3.05) is 24.5 Å². The van der Waals surface area contributed by atoms with Crippen LogP contribution in [-0.4, -0.2) is 30.3 Å². The van der Waals surface area contributed by atoms with Gasteiger partial charge < -0.3 is 9.80 Å². The zero-order valence-corrected chi connectivity index (χ0v) is 13.8. The maximum atomic E-state index is 12.9. The predicted octanol–water partition coefficient (Wildman–Crippen LogP) is 4.39. The van der Waals surface area contributed by atoms with E-state index in [0.29, 0.717) is 6.54 Å². The number of anilines is 2. The molecule has 0 N–H and O–H groups in total. The van der Waals surface area contributed by atoms with E-state index in [1.54, 1.807) is 0 Å². The fourth-order valence-electron chi connectivity index (χ4n) is 3.61. The Balaban J connectivity index is 1.74. The van der Waals surface area contributed by atoms with Gasteiger partial charge in [0.1, 0.15) is 0 Å². The van der Waals surface area contributed by atoms with Crippen LogP contribution in [0.15, 0.2) is 66.4 Å². The molecule has 2 aromatic rings. The lowest BCUT2D eigenvalue weighted by molar-refractivity contribution is 0.102. The number of hydrogen-bond acceptors (Lipinski definition) is 3. The molecule has 3 heteroatoms. The number of Topliss-reactive ketones (excluding diaryl/α,β-unsaturated/α-hetero) is 1. The molecular formula is C21H22N2O. The van der Waals surface area contributed by atoms with Crippen molar-refractivity contribution in [3.8, 4) is 0 Å². The maximum Gasteiger partial charge on any atom is 0.194 e. The summed E-state index contributed by atoms with van der Waals surface area (Å²) in [6.45, 7) is 2.75. The minimum atomic E-state index is 0.170. The van der Waals surface area contributed by atoms with Crippen LogP contribution in [0.25, 0.3) is 0 Å². The monoisotopic (exact) mass is 318 g/mol. The number of benzene rings is 2. The van der Waals surface area contributed by atoms with Gasteiger partial charge in [-0.25, -0.2) is 0 Å². The van der Waals surface area contributed by atoms with E-state index in [0.717, 1.165) is 35.6 Å². The molecule has 122 valence electrons. The fraction of sp³-hybridized carbons (Fsp3) is 0.286. The number of fused-ring (bicyclic) bond motifs is 1. The summed E-state index contributed by atoms with van der Waals surface area (Å²) in [4.78, 5) is 17.5. The van der Waals surface area contributed by atoms with Gasteiger partial charge in [0.05, 0.1) is 12.2 Å². The van der Waals surface area contributed by atoms with Crippen molar-refractivity contribution in [2.24, 2.45) is 0 Å². The standard InChI is InChI=1S/C21H22N2O/c24-21-17(15-22-13-7-2-8-14-22)16-23(18-9-3-1-4-10-18)20-12-6-5-11-19(20)21/h1,3-6,9-12,15H,2,7-8,13-14,16H2/b17-15+. The molecule has 0 aromatic heterocycles. The van der Waals surface area contributed by atoms with Gasteiger partial charge in [0.15, 0.2) is 5.78 Å². The quantitative estimate of drug-likeness (QED) is 0.767. The van der Waals surface area contributed by atoms with E-state index in [1.807, 2.05) is 42.5 Å². The van der Waals surface area contributed by atoms with E-state index in [1.165, 1.54) is 19.3 Å². The lowest BCUT2D eigenvalue weighted by atomic mass is 9.95. The van der Waals surface area contributed by atoms with Gasteiger partial charge in [-0.15, -0.1) is 0 Å². The number of piperidine rings is 1. The highest BCUT2D eigenvalue weighted by molar-refractivity contribution is 6.15. The number of nitrogens with zero attached hydrogens (tertiary/aromatic N) is 2. The molecule has 0 saturated carbocycles. The highest BCUT2D eigenvalue weighted by Crippen LogP contribution is 2.35. The minimum Gasteiger partial charge on any atom is -0.377 e. The number of carbonyl (C=O) groups excluding carboxylic acids is 1. The van der Waals surface area contributed by atoms with E-state index >= 15 is 0 Å². The second-order valence-corrected chi connectivity index (χ2v) is 6.52. The Morgan fingerprint density at radius 1 is 0.833 bits per heavy atom. The molecule has 0 aliphatic carbocycles. The van der Waals surface area contributed by atoms with Gasteiger partial charge in [-0.1, -0.05) is 30.3 Å². The summed E-state index contributed by atoms with van der Waals surface area (Å²) in [5.74, 6) is 0.170. The third kappa shape index (κ3) is 2.82. The molecule has 0 amide bonds. The fourth-order valence-corrected chi connectivity index (χ4v) is 3.61. The van der Waals surface area contributed by atoms with Crippen molar-refractivity contribution < 1.29 is 4.79 Å². The normalized spacial score (nSPS) is 19.5. The molecule has 2 aromatic carbocycles. The van der Waals surface area contributed by atoms with Crippen LogP contribution in [0.2, 0.25) is 0 Å². The van der Waals surface area contributed by atoms with E-state index in [4.69, 9.17) is 0 Å². The molecule has 2 aliphatic rings. The van der Waals surface area contributed by atoms with Crippen molar-refractivity contribution >= 4 is 17.2 Å². The number of para-hydroxylation sites is 2. The lowest BCUT2D eigenvalue weighted by Gasteiger charge is -2.33. The summed E-state index contributed by atoms with van der Waals surface area (Å²) in [7, 11) is 0. The summed E-state index contributed by atoms with van der Waals surface area (Å²) in [6, 6.07) is 18.2. The molecule has 2 aliphatic heterocycles. The molecule has 4 rings (SSSR count). The highest BCUT2D eigenvalue weighted by Gasteiger charge is 2.28. The molecule has 0 spiro atoms. The van der Waals surface area contributed by atoms with Crippen LogP contribution in [0.5, 0.6) is 0 Å². The summed E-state index contributed by atoms with van der Waals surface area (Å²) in [5.41, 5.74) is 3.82. The average molecular weight is 318 g/mol. The number of carbonyl (C=O) groups is 1. The van der Waals surface area contributed by atoms with Gasteiger partial charge in [0.25, 0.3) is 0 Å². The first-order valence-electron chi connectivity index (χ1n) is 8.74. The first-order chi connectivity index (χ1) is 11.8. The Kier molecular flexibility index (Phi) is 4.08. The van der Waals surface area contributed by atoms with Crippen molar-refractivity contribution in [2.45, 2.75) is 19.3 Å². The molecule has 2 heterocycles. The van der Waals surface area contributed by atoms with Crippen molar-refractivity contribution in [1.29, 1.82) is 0 Å². The molecule has 1 fully saturated rings. The minimum absolute atomic E-state index is 0.170. The number of ketones is 1. The number of hydrogen-bond donors (Lipinski definition) is 0. The van der Waals surface area contributed by atoms with E-state index in [2.05, 4.69) is 28.1 Å². The second-order valence-electron chi connectivity index (χ2n) is 6.52. The number of rotatable bonds is 2. The zero-order valence-electron chi connectivity index (χ0n) is 13.8. The molecule has 24 heavy (non-hydrogen) atoms. The van der Waals surface area contributed by atoms with Crippen molar-refractivity contribution in [3.63, 3.8) is 0 Å². The van der Waals surface area contributed by atoms with Gasteiger partial charge in [-0.3, -0.25) is 4.79 Å². The van der Waals surface area contributed by atoms with Crippen LogP contribution in [0.4, 0.5) is 11.4 Å². The van der Waals surface area contributed by atoms with Crippen LogP contribution < -0.4 is 4.90 Å². The third-order valence-corrected chi connectivity index (χ3v) is 4.86. The van der Waals surface area contributed by atoms with Crippen LogP contribution in [-0.2, 0) is 0 Å². The van der Waals surface area contributed by atoms with Crippen LogP contribution in [0, 0.1) is 0 Å². The summed E-state index contributed by atoms with van der Waals surface area (Å²) in [5, 5.41) is 0. The SMILES string of the molecule is O=C1/C(=C/N2CCCCC2)CN(c2ccccc2)c2ccccc21. The van der Waals surface area contributed by atoms with Gasteiger partial charge in [-0.2, -0.15) is 0 Å². The maximum absolute atomic E-state index is 12.9.